The summed E-state index contributed by atoms with van der Waals surface area (Å²) >= 11 is 5.25. The Morgan fingerprint density at radius 2 is 2.06 bits per heavy atom. The number of hydrogen-bond acceptors (Lipinski definition) is 2. The normalized spacial score (nSPS) is 10.9. The minimum atomic E-state index is -0.0394. The van der Waals surface area contributed by atoms with E-state index in [1.54, 1.807) is 19.1 Å². The maximum Gasteiger partial charge on any atom is 0.171 e. The lowest BCUT2D eigenvalue weighted by Gasteiger charge is -2.26. The van der Waals surface area contributed by atoms with Crippen LogP contribution in [-0.4, -0.2) is 16.4 Å². The molecule has 1 aromatic rings. The van der Waals surface area contributed by atoms with E-state index in [9.17, 15) is 4.79 Å². The van der Waals surface area contributed by atoms with E-state index in [1.165, 1.54) is 0 Å². The molecule has 0 radical (unpaired) electrons. The Morgan fingerprint density at radius 1 is 1.39 bits per heavy atom. The van der Waals surface area contributed by atoms with E-state index in [-0.39, 0.29) is 11.3 Å². The van der Waals surface area contributed by atoms with Crippen molar-refractivity contribution >= 4 is 28.8 Å². The Bertz CT molecular complexity index is 455. The molecule has 0 saturated heterocycles. The molecule has 1 rings (SSSR count). The first-order valence-corrected chi connectivity index (χ1v) is 6.45. The molecular weight excluding hydrogens is 244 g/mol. The molecule has 0 fully saturated rings. The van der Waals surface area contributed by atoms with E-state index in [2.05, 4.69) is 31.4 Å². The SMILES string of the molecule is CCC(C)(C)NC(=S)Nc1cccc(C(C)=O)c1. The first kappa shape index (κ1) is 14.6. The molecule has 0 bridgehead atoms. The van der Waals surface area contributed by atoms with Crippen molar-refractivity contribution in [3.05, 3.63) is 29.8 Å². The topological polar surface area (TPSA) is 41.1 Å². The number of rotatable bonds is 4. The molecule has 0 saturated carbocycles. The Hall–Kier alpha value is -1.42. The average Bonchev–Trinajstić information content (AvgIpc) is 2.28. The summed E-state index contributed by atoms with van der Waals surface area (Å²) in [6.45, 7) is 7.84. The number of hydrogen-bond donors (Lipinski definition) is 2. The second kappa shape index (κ2) is 5.96. The highest BCUT2D eigenvalue weighted by molar-refractivity contribution is 7.80. The van der Waals surface area contributed by atoms with E-state index in [1.807, 2.05) is 12.1 Å². The van der Waals surface area contributed by atoms with Crippen LogP contribution in [-0.2, 0) is 0 Å². The molecule has 0 aromatic heterocycles. The largest absolute Gasteiger partial charge is 0.358 e. The van der Waals surface area contributed by atoms with E-state index < -0.39 is 0 Å². The summed E-state index contributed by atoms with van der Waals surface area (Å²) < 4.78 is 0. The minimum absolute atomic E-state index is 0.0394. The van der Waals surface area contributed by atoms with Crippen LogP contribution in [0.3, 0.4) is 0 Å². The van der Waals surface area contributed by atoms with Crippen LogP contribution in [0, 0.1) is 0 Å². The van der Waals surface area contributed by atoms with Crippen molar-refractivity contribution in [2.24, 2.45) is 0 Å². The molecule has 0 heterocycles. The van der Waals surface area contributed by atoms with E-state index in [4.69, 9.17) is 12.2 Å². The lowest BCUT2D eigenvalue weighted by Crippen LogP contribution is -2.44. The van der Waals surface area contributed by atoms with Gasteiger partial charge >= 0.3 is 0 Å². The zero-order valence-corrected chi connectivity index (χ0v) is 12.1. The number of ketones is 1. The van der Waals surface area contributed by atoms with Gasteiger partial charge in [0.25, 0.3) is 0 Å². The van der Waals surface area contributed by atoms with Gasteiger partial charge in [0.1, 0.15) is 0 Å². The fourth-order valence-electron chi connectivity index (χ4n) is 1.37. The number of thiocarbonyl (C=S) groups is 1. The molecule has 0 aliphatic rings. The molecule has 0 aliphatic heterocycles. The van der Waals surface area contributed by atoms with Crippen molar-refractivity contribution in [1.82, 2.24) is 5.32 Å². The lowest BCUT2D eigenvalue weighted by atomic mass is 10.0. The zero-order valence-electron chi connectivity index (χ0n) is 11.3. The van der Waals surface area contributed by atoms with Gasteiger partial charge in [-0.15, -0.1) is 0 Å². The molecule has 4 heteroatoms. The van der Waals surface area contributed by atoms with Gasteiger partial charge < -0.3 is 10.6 Å². The Balaban J connectivity index is 2.70. The smallest absolute Gasteiger partial charge is 0.171 e. The fourth-order valence-corrected chi connectivity index (χ4v) is 1.77. The number of carbonyl (C=O) groups excluding carboxylic acids is 1. The summed E-state index contributed by atoms with van der Waals surface area (Å²) in [7, 11) is 0. The van der Waals surface area contributed by atoms with Crippen LogP contribution < -0.4 is 10.6 Å². The van der Waals surface area contributed by atoms with Crippen LogP contribution in [0.5, 0.6) is 0 Å². The lowest BCUT2D eigenvalue weighted by molar-refractivity contribution is 0.101. The van der Waals surface area contributed by atoms with Gasteiger partial charge in [0.05, 0.1) is 0 Å². The highest BCUT2D eigenvalue weighted by atomic mass is 32.1. The molecule has 18 heavy (non-hydrogen) atoms. The van der Waals surface area contributed by atoms with Gasteiger partial charge in [-0.3, -0.25) is 4.79 Å². The summed E-state index contributed by atoms with van der Waals surface area (Å²) in [5.74, 6) is 0.0476. The maximum absolute atomic E-state index is 11.3. The third-order valence-corrected chi connectivity index (χ3v) is 3.07. The molecule has 0 spiro atoms. The molecule has 0 amide bonds. The molecule has 0 unspecified atom stereocenters. The zero-order chi connectivity index (χ0) is 13.8. The molecule has 0 aliphatic carbocycles. The molecular formula is C14H20N2OS. The van der Waals surface area contributed by atoms with Crippen LogP contribution >= 0.6 is 12.2 Å². The summed E-state index contributed by atoms with van der Waals surface area (Å²) in [5, 5.41) is 6.91. The molecule has 98 valence electrons. The van der Waals surface area contributed by atoms with Gasteiger partial charge in [0.2, 0.25) is 0 Å². The number of nitrogens with one attached hydrogen (secondary N) is 2. The van der Waals surface area contributed by atoms with E-state index >= 15 is 0 Å². The van der Waals surface area contributed by atoms with Crippen LogP contribution in [0.25, 0.3) is 0 Å². The van der Waals surface area contributed by atoms with E-state index in [0.717, 1.165) is 12.1 Å². The summed E-state index contributed by atoms with van der Waals surface area (Å²) in [5.41, 5.74) is 1.46. The number of anilines is 1. The molecule has 2 N–H and O–H groups in total. The van der Waals surface area contributed by atoms with Crippen LogP contribution in [0.4, 0.5) is 5.69 Å². The van der Waals surface area contributed by atoms with Crippen molar-refractivity contribution < 1.29 is 4.79 Å². The Labute approximate surface area is 114 Å². The van der Waals surface area contributed by atoms with Gasteiger partial charge in [-0.05, 0) is 51.5 Å². The third kappa shape index (κ3) is 4.45. The highest BCUT2D eigenvalue weighted by Crippen LogP contribution is 2.12. The summed E-state index contributed by atoms with van der Waals surface area (Å²) in [6.07, 6.45) is 0.975. The summed E-state index contributed by atoms with van der Waals surface area (Å²) in [6, 6.07) is 7.32. The van der Waals surface area contributed by atoms with Gasteiger partial charge in [-0.25, -0.2) is 0 Å². The number of carbonyl (C=O) groups is 1. The van der Waals surface area contributed by atoms with Crippen molar-refractivity contribution in [1.29, 1.82) is 0 Å². The maximum atomic E-state index is 11.3. The van der Waals surface area contributed by atoms with Gasteiger partial charge in [-0.1, -0.05) is 19.1 Å². The standard InChI is InChI=1S/C14H20N2OS/c1-5-14(3,4)16-13(18)15-12-8-6-7-11(9-12)10(2)17/h6-9H,5H2,1-4H3,(H2,15,16,18). The predicted octanol–water partition coefficient (Wildman–Crippen LogP) is 3.36. The Kier molecular flexibility index (Phi) is 4.84. The van der Waals surface area contributed by atoms with Crippen molar-refractivity contribution in [3.8, 4) is 0 Å². The van der Waals surface area contributed by atoms with Crippen molar-refractivity contribution in [2.75, 3.05) is 5.32 Å². The summed E-state index contributed by atoms with van der Waals surface area (Å²) in [4.78, 5) is 11.3. The quantitative estimate of drug-likeness (QED) is 0.646. The predicted molar refractivity (Wildman–Crippen MR) is 80.2 cm³/mol. The van der Waals surface area contributed by atoms with Gasteiger partial charge in [0.15, 0.2) is 10.9 Å². The second-order valence-corrected chi connectivity index (χ2v) is 5.36. The van der Waals surface area contributed by atoms with Gasteiger partial charge in [0, 0.05) is 16.8 Å². The average molecular weight is 264 g/mol. The monoisotopic (exact) mass is 264 g/mol. The minimum Gasteiger partial charge on any atom is -0.358 e. The van der Waals surface area contributed by atoms with Crippen LogP contribution in [0.15, 0.2) is 24.3 Å². The highest BCUT2D eigenvalue weighted by Gasteiger charge is 2.15. The van der Waals surface area contributed by atoms with Crippen LogP contribution in [0.2, 0.25) is 0 Å². The number of Topliss-reactive ketones (excluding diaryl/α,β-unsaturated/α-hetero) is 1. The van der Waals surface area contributed by atoms with E-state index in [0.29, 0.717) is 10.7 Å². The molecule has 0 atom stereocenters. The number of benzene rings is 1. The second-order valence-electron chi connectivity index (χ2n) is 4.95. The first-order chi connectivity index (χ1) is 8.34. The Morgan fingerprint density at radius 3 is 2.61 bits per heavy atom. The molecule has 1 aromatic carbocycles. The molecule has 3 nitrogen and oxygen atoms in total. The first-order valence-electron chi connectivity index (χ1n) is 6.04. The van der Waals surface area contributed by atoms with Gasteiger partial charge in [-0.2, -0.15) is 0 Å². The fraction of sp³-hybridized carbons (Fsp3) is 0.429. The van der Waals surface area contributed by atoms with Crippen molar-refractivity contribution in [3.63, 3.8) is 0 Å². The van der Waals surface area contributed by atoms with Crippen LogP contribution in [0.1, 0.15) is 44.5 Å². The van der Waals surface area contributed by atoms with Crippen molar-refractivity contribution in [2.45, 2.75) is 39.7 Å². The third-order valence-electron chi connectivity index (χ3n) is 2.86.